The third-order valence-electron chi connectivity index (χ3n) is 3.91. The fourth-order valence-corrected chi connectivity index (χ4v) is 3.06. The number of fused-ring (bicyclic) bond motifs is 2. The van der Waals surface area contributed by atoms with Crippen molar-refractivity contribution in [3.05, 3.63) is 18.2 Å². The van der Waals surface area contributed by atoms with Crippen LogP contribution in [0.15, 0.2) is 12.5 Å². The molecule has 0 spiro atoms. The summed E-state index contributed by atoms with van der Waals surface area (Å²) >= 11 is 0. The molecule has 3 unspecified atom stereocenters. The average molecular weight is 235 g/mol. The second-order valence-corrected chi connectivity index (χ2v) is 5.15. The molecular formula is C13H21N3O. The van der Waals surface area contributed by atoms with E-state index in [4.69, 9.17) is 4.74 Å². The fraction of sp³-hybridized carbons (Fsp3) is 0.769. The molecule has 17 heavy (non-hydrogen) atoms. The molecule has 94 valence electrons. The summed E-state index contributed by atoms with van der Waals surface area (Å²) in [5.74, 6) is 0. The van der Waals surface area contributed by atoms with Gasteiger partial charge in [-0.1, -0.05) is 6.92 Å². The highest BCUT2D eigenvalue weighted by Gasteiger charge is 2.42. The molecule has 3 heterocycles. The summed E-state index contributed by atoms with van der Waals surface area (Å²) in [6, 6.07) is 0.523. The van der Waals surface area contributed by atoms with Crippen molar-refractivity contribution in [1.29, 1.82) is 0 Å². The lowest BCUT2D eigenvalue weighted by atomic mass is 9.95. The SMILES string of the molecule is CCCNCc1cncn1C1CC2CCC1O2. The van der Waals surface area contributed by atoms with Crippen LogP contribution in [0.4, 0.5) is 0 Å². The van der Waals surface area contributed by atoms with Crippen LogP contribution in [-0.4, -0.2) is 28.3 Å². The van der Waals surface area contributed by atoms with Crippen LogP contribution in [0.5, 0.6) is 0 Å². The zero-order chi connectivity index (χ0) is 11.7. The normalized spacial score (nSPS) is 31.2. The third kappa shape index (κ3) is 2.11. The van der Waals surface area contributed by atoms with Gasteiger partial charge in [0.25, 0.3) is 0 Å². The van der Waals surface area contributed by atoms with Crippen LogP contribution in [-0.2, 0) is 11.3 Å². The van der Waals surface area contributed by atoms with Crippen molar-refractivity contribution in [3.8, 4) is 0 Å². The Hall–Kier alpha value is -0.870. The first-order chi connectivity index (χ1) is 8.38. The van der Waals surface area contributed by atoms with Gasteiger partial charge in [-0.15, -0.1) is 0 Å². The van der Waals surface area contributed by atoms with Crippen LogP contribution in [0.2, 0.25) is 0 Å². The molecule has 0 radical (unpaired) electrons. The first kappa shape index (κ1) is 11.2. The Bertz CT molecular complexity index is 376. The monoisotopic (exact) mass is 235 g/mol. The van der Waals surface area contributed by atoms with Crippen LogP contribution < -0.4 is 5.32 Å². The molecule has 1 aromatic heterocycles. The van der Waals surface area contributed by atoms with Crippen LogP contribution >= 0.6 is 0 Å². The molecule has 0 aliphatic carbocycles. The summed E-state index contributed by atoms with van der Waals surface area (Å²) in [6.45, 7) is 4.17. The third-order valence-corrected chi connectivity index (χ3v) is 3.91. The molecule has 2 aliphatic rings. The molecule has 4 nitrogen and oxygen atoms in total. The first-order valence-electron chi connectivity index (χ1n) is 6.75. The number of nitrogens with one attached hydrogen (secondary N) is 1. The number of imidazole rings is 1. The molecule has 1 N–H and O–H groups in total. The molecule has 2 fully saturated rings. The summed E-state index contributed by atoms with van der Waals surface area (Å²) in [4.78, 5) is 4.30. The van der Waals surface area contributed by atoms with Crippen LogP contribution in [0, 0.1) is 0 Å². The van der Waals surface area contributed by atoms with Gasteiger partial charge in [0, 0.05) is 12.7 Å². The van der Waals surface area contributed by atoms with Crippen molar-refractivity contribution < 1.29 is 4.74 Å². The highest BCUT2D eigenvalue weighted by molar-refractivity contribution is 5.05. The smallest absolute Gasteiger partial charge is 0.0952 e. The van der Waals surface area contributed by atoms with E-state index in [9.17, 15) is 0 Å². The lowest BCUT2D eigenvalue weighted by Gasteiger charge is -2.22. The molecule has 3 rings (SSSR count). The number of aromatic nitrogens is 2. The predicted octanol–water partition coefficient (Wildman–Crippen LogP) is 1.88. The Morgan fingerprint density at radius 2 is 2.47 bits per heavy atom. The Morgan fingerprint density at radius 3 is 3.18 bits per heavy atom. The Labute approximate surface area is 102 Å². The van der Waals surface area contributed by atoms with E-state index in [1.54, 1.807) is 0 Å². The predicted molar refractivity (Wildman–Crippen MR) is 65.8 cm³/mol. The van der Waals surface area contributed by atoms with E-state index < -0.39 is 0 Å². The summed E-state index contributed by atoms with van der Waals surface area (Å²) in [5.41, 5.74) is 1.29. The van der Waals surface area contributed by atoms with E-state index in [0.717, 1.165) is 13.1 Å². The largest absolute Gasteiger partial charge is 0.373 e. The molecule has 2 aliphatic heterocycles. The second kappa shape index (κ2) is 4.78. The van der Waals surface area contributed by atoms with Crippen molar-refractivity contribution in [2.45, 2.75) is 57.4 Å². The molecule has 0 amide bonds. The second-order valence-electron chi connectivity index (χ2n) is 5.15. The van der Waals surface area contributed by atoms with Gasteiger partial charge >= 0.3 is 0 Å². The van der Waals surface area contributed by atoms with E-state index in [-0.39, 0.29) is 0 Å². The van der Waals surface area contributed by atoms with Gasteiger partial charge in [0.2, 0.25) is 0 Å². The maximum atomic E-state index is 5.92. The minimum atomic E-state index is 0.430. The molecular weight excluding hydrogens is 214 g/mol. The molecule has 0 aromatic carbocycles. The Kier molecular flexibility index (Phi) is 3.16. The van der Waals surface area contributed by atoms with Gasteiger partial charge in [0.1, 0.15) is 0 Å². The quantitative estimate of drug-likeness (QED) is 0.792. The average Bonchev–Trinajstić information content (AvgIpc) is 3.04. The molecule has 2 bridgehead atoms. The van der Waals surface area contributed by atoms with E-state index in [1.165, 1.54) is 31.4 Å². The van der Waals surface area contributed by atoms with E-state index >= 15 is 0 Å². The van der Waals surface area contributed by atoms with Gasteiger partial charge < -0.3 is 14.6 Å². The maximum absolute atomic E-state index is 5.92. The highest BCUT2D eigenvalue weighted by atomic mass is 16.5. The number of rotatable bonds is 5. The number of hydrogen-bond donors (Lipinski definition) is 1. The Morgan fingerprint density at radius 1 is 1.53 bits per heavy atom. The summed E-state index contributed by atoms with van der Waals surface area (Å²) in [6.07, 6.45) is 9.69. The number of nitrogens with zero attached hydrogens (tertiary/aromatic N) is 2. The van der Waals surface area contributed by atoms with Gasteiger partial charge in [-0.2, -0.15) is 0 Å². The fourth-order valence-electron chi connectivity index (χ4n) is 3.06. The number of hydrogen-bond acceptors (Lipinski definition) is 3. The minimum absolute atomic E-state index is 0.430. The van der Waals surface area contributed by atoms with Crippen LogP contribution in [0.1, 0.15) is 44.3 Å². The molecule has 4 heteroatoms. The molecule has 2 saturated heterocycles. The standard InChI is InChI=1S/C13H21N3O/c1-2-5-14-7-10-8-15-9-16(10)12-6-11-3-4-13(12)17-11/h8-9,11-14H,2-7H2,1H3. The zero-order valence-corrected chi connectivity index (χ0v) is 10.4. The minimum Gasteiger partial charge on any atom is -0.373 e. The van der Waals surface area contributed by atoms with E-state index in [0.29, 0.717) is 18.2 Å². The van der Waals surface area contributed by atoms with E-state index in [1.807, 2.05) is 12.5 Å². The lowest BCUT2D eigenvalue weighted by Crippen LogP contribution is -2.24. The van der Waals surface area contributed by atoms with E-state index in [2.05, 4.69) is 21.8 Å². The van der Waals surface area contributed by atoms with Crippen LogP contribution in [0.3, 0.4) is 0 Å². The van der Waals surface area contributed by atoms with Gasteiger partial charge in [0.05, 0.1) is 30.3 Å². The molecule has 1 aromatic rings. The lowest BCUT2D eigenvalue weighted by molar-refractivity contribution is 0.0934. The van der Waals surface area contributed by atoms with Crippen LogP contribution in [0.25, 0.3) is 0 Å². The summed E-state index contributed by atoms with van der Waals surface area (Å²) in [7, 11) is 0. The maximum Gasteiger partial charge on any atom is 0.0952 e. The van der Waals surface area contributed by atoms with Crippen molar-refractivity contribution >= 4 is 0 Å². The molecule has 3 atom stereocenters. The van der Waals surface area contributed by atoms with Gasteiger partial charge in [0.15, 0.2) is 0 Å². The van der Waals surface area contributed by atoms with Crippen molar-refractivity contribution in [2.24, 2.45) is 0 Å². The number of ether oxygens (including phenoxy) is 1. The summed E-state index contributed by atoms with van der Waals surface area (Å²) in [5, 5.41) is 3.44. The van der Waals surface area contributed by atoms with Crippen molar-refractivity contribution in [1.82, 2.24) is 14.9 Å². The van der Waals surface area contributed by atoms with Crippen molar-refractivity contribution in [2.75, 3.05) is 6.54 Å². The topological polar surface area (TPSA) is 39.1 Å². The van der Waals surface area contributed by atoms with Gasteiger partial charge in [-0.3, -0.25) is 0 Å². The molecule has 0 saturated carbocycles. The zero-order valence-electron chi connectivity index (χ0n) is 10.4. The van der Waals surface area contributed by atoms with Gasteiger partial charge in [-0.05, 0) is 32.2 Å². The first-order valence-corrected chi connectivity index (χ1v) is 6.75. The summed E-state index contributed by atoms with van der Waals surface area (Å²) < 4.78 is 8.25. The van der Waals surface area contributed by atoms with Gasteiger partial charge in [-0.25, -0.2) is 4.98 Å². The highest BCUT2D eigenvalue weighted by Crippen LogP contribution is 2.41. The Balaban J connectivity index is 1.68. The van der Waals surface area contributed by atoms with Crippen molar-refractivity contribution in [3.63, 3.8) is 0 Å².